The maximum Gasteiger partial charge on any atom is 0.323 e. The van der Waals surface area contributed by atoms with Gasteiger partial charge in [-0.25, -0.2) is 0 Å². The number of aryl methyl sites for hydroxylation is 1. The number of carboxylic acid groups (broad SMARTS) is 1. The molecule has 1 aromatic carbocycles. The second-order valence-electron chi connectivity index (χ2n) is 7.08. The highest BCUT2D eigenvalue weighted by atomic mass is 16.4. The van der Waals surface area contributed by atoms with E-state index in [1.165, 1.54) is 4.90 Å². The summed E-state index contributed by atoms with van der Waals surface area (Å²) in [5.74, 6) is -1.92. The molecule has 0 bridgehead atoms. The van der Waals surface area contributed by atoms with Crippen molar-refractivity contribution < 1.29 is 19.5 Å². The van der Waals surface area contributed by atoms with Gasteiger partial charge in [-0.15, -0.1) is 0 Å². The molecule has 0 aliphatic carbocycles. The van der Waals surface area contributed by atoms with Gasteiger partial charge in [0.2, 0.25) is 11.8 Å². The number of anilines is 1. The Kier molecular flexibility index (Phi) is 6.37. The number of rotatable bonds is 7. The number of amides is 2. The molecule has 0 saturated carbocycles. The summed E-state index contributed by atoms with van der Waals surface area (Å²) in [4.78, 5) is 41.3. The Morgan fingerprint density at radius 3 is 2.54 bits per heavy atom. The van der Waals surface area contributed by atoms with E-state index < -0.39 is 11.9 Å². The van der Waals surface area contributed by atoms with Crippen molar-refractivity contribution in [2.75, 3.05) is 45.2 Å². The minimum atomic E-state index is -1.05. The van der Waals surface area contributed by atoms with E-state index in [-0.39, 0.29) is 24.8 Å². The number of benzene rings is 1. The molecule has 2 amide bonds. The lowest BCUT2D eigenvalue weighted by molar-refractivity contribution is -0.146. The quantitative estimate of drug-likeness (QED) is 0.787. The Bertz CT molecular complexity index is 702. The molecule has 0 radical (unpaired) electrons. The lowest BCUT2D eigenvalue weighted by Gasteiger charge is -2.25. The molecule has 142 valence electrons. The van der Waals surface area contributed by atoms with Crippen molar-refractivity contribution in [2.24, 2.45) is 5.92 Å². The highest BCUT2D eigenvalue weighted by Crippen LogP contribution is 2.30. The number of nitrogens with zero attached hydrogens (tertiary/aromatic N) is 3. The van der Waals surface area contributed by atoms with Crippen LogP contribution < -0.4 is 4.90 Å². The number of carbonyl (C=O) groups excluding carboxylic acids is 2. The molecule has 1 saturated heterocycles. The molecule has 0 aromatic heterocycles. The molecule has 1 heterocycles. The van der Waals surface area contributed by atoms with Crippen molar-refractivity contribution in [3.8, 4) is 0 Å². The summed E-state index contributed by atoms with van der Waals surface area (Å²) in [5, 5.41) is 9.10. The lowest BCUT2D eigenvalue weighted by Crippen LogP contribution is -2.43. The van der Waals surface area contributed by atoms with Gasteiger partial charge in [0.05, 0.1) is 5.92 Å². The van der Waals surface area contributed by atoms with Crippen LogP contribution in [-0.4, -0.2) is 73.0 Å². The first-order valence-corrected chi connectivity index (χ1v) is 8.72. The van der Waals surface area contributed by atoms with Crippen molar-refractivity contribution in [1.82, 2.24) is 9.80 Å². The summed E-state index contributed by atoms with van der Waals surface area (Å²) in [7, 11) is 3.73. The van der Waals surface area contributed by atoms with E-state index in [4.69, 9.17) is 5.11 Å². The van der Waals surface area contributed by atoms with Gasteiger partial charge in [0.15, 0.2) is 0 Å². The molecular weight excluding hydrogens is 334 g/mol. The molecule has 1 aliphatic rings. The van der Waals surface area contributed by atoms with E-state index in [9.17, 15) is 14.4 Å². The Hall–Kier alpha value is -2.41. The third-order valence-electron chi connectivity index (χ3n) is 4.80. The zero-order valence-corrected chi connectivity index (χ0v) is 15.9. The maximum absolute atomic E-state index is 12.8. The van der Waals surface area contributed by atoms with E-state index in [0.717, 1.165) is 16.8 Å². The Morgan fingerprint density at radius 1 is 1.23 bits per heavy atom. The molecule has 1 fully saturated rings. The van der Waals surface area contributed by atoms with Gasteiger partial charge in [0.1, 0.15) is 6.54 Å². The first-order chi connectivity index (χ1) is 12.2. The van der Waals surface area contributed by atoms with Crippen LogP contribution in [-0.2, 0) is 14.4 Å². The van der Waals surface area contributed by atoms with Crippen LogP contribution in [0.2, 0.25) is 0 Å². The zero-order chi connectivity index (χ0) is 19.4. The van der Waals surface area contributed by atoms with Gasteiger partial charge in [-0.1, -0.05) is 12.1 Å². The summed E-state index contributed by atoms with van der Waals surface area (Å²) in [6.07, 6.45) is 0.115. The van der Waals surface area contributed by atoms with E-state index in [0.29, 0.717) is 19.6 Å². The fourth-order valence-corrected chi connectivity index (χ4v) is 3.14. The molecule has 1 atom stereocenters. The van der Waals surface area contributed by atoms with Crippen LogP contribution in [0, 0.1) is 19.8 Å². The number of carbonyl (C=O) groups is 3. The van der Waals surface area contributed by atoms with Crippen LogP contribution in [0.1, 0.15) is 17.5 Å². The highest BCUT2D eigenvalue weighted by molar-refractivity contribution is 6.01. The Morgan fingerprint density at radius 2 is 1.92 bits per heavy atom. The van der Waals surface area contributed by atoms with Crippen molar-refractivity contribution in [3.05, 3.63) is 29.3 Å². The van der Waals surface area contributed by atoms with E-state index in [1.807, 2.05) is 51.0 Å². The number of aliphatic carboxylic acids is 1. The summed E-state index contributed by atoms with van der Waals surface area (Å²) in [6, 6.07) is 5.76. The number of likely N-dealkylation sites (N-methyl/N-ethyl adjacent to an activating group) is 1. The fourth-order valence-electron chi connectivity index (χ4n) is 3.14. The van der Waals surface area contributed by atoms with Crippen molar-refractivity contribution >= 4 is 23.5 Å². The lowest BCUT2D eigenvalue weighted by atomic mass is 10.1. The van der Waals surface area contributed by atoms with Gasteiger partial charge in [-0.05, 0) is 45.1 Å². The number of carboxylic acids is 1. The van der Waals surface area contributed by atoms with Crippen molar-refractivity contribution in [2.45, 2.75) is 20.3 Å². The first-order valence-electron chi connectivity index (χ1n) is 8.72. The van der Waals surface area contributed by atoms with Gasteiger partial charge in [-0.3, -0.25) is 14.4 Å². The number of hydrogen-bond acceptors (Lipinski definition) is 4. The summed E-state index contributed by atoms with van der Waals surface area (Å²) < 4.78 is 0. The predicted octanol–water partition coefficient (Wildman–Crippen LogP) is 1.13. The molecule has 1 aromatic rings. The maximum atomic E-state index is 12.8. The van der Waals surface area contributed by atoms with Crippen LogP contribution in [0.4, 0.5) is 5.69 Å². The van der Waals surface area contributed by atoms with Gasteiger partial charge in [0, 0.05) is 31.7 Å². The van der Waals surface area contributed by atoms with E-state index in [1.54, 1.807) is 4.90 Å². The van der Waals surface area contributed by atoms with Crippen LogP contribution in [0.3, 0.4) is 0 Å². The standard InChI is InChI=1S/C19H27N3O4/c1-13-6-5-7-16(14(13)2)22-11-15(10-17(22)23)19(26)21(12-18(24)25)9-8-20(3)4/h5-7,15H,8-12H2,1-4H3,(H,24,25)/t15-/m0/s1. The van der Waals surface area contributed by atoms with Gasteiger partial charge in [-0.2, -0.15) is 0 Å². The molecule has 7 nitrogen and oxygen atoms in total. The largest absolute Gasteiger partial charge is 0.480 e. The van der Waals surface area contributed by atoms with Gasteiger partial charge >= 0.3 is 5.97 Å². The summed E-state index contributed by atoms with van der Waals surface area (Å²) in [6.45, 7) is 4.78. The molecular formula is C19H27N3O4. The Balaban J connectivity index is 2.15. The first kappa shape index (κ1) is 19.9. The highest BCUT2D eigenvalue weighted by Gasteiger charge is 2.38. The second-order valence-corrected chi connectivity index (χ2v) is 7.08. The van der Waals surface area contributed by atoms with E-state index >= 15 is 0 Å². The summed E-state index contributed by atoms with van der Waals surface area (Å²) in [5.41, 5.74) is 2.93. The minimum Gasteiger partial charge on any atom is -0.480 e. The van der Waals surface area contributed by atoms with Crippen LogP contribution in [0.5, 0.6) is 0 Å². The molecule has 1 aliphatic heterocycles. The topological polar surface area (TPSA) is 81.2 Å². The van der Waals surface area contributed by atoms with E-state index in [2.05, 4.69) is 0 Å². The second kappa shape index (κ2) is 8.31. The fraction of sp³-hybridized carbons (Fsp3) is 0.526. The average Bonchev–Trinajstić information content (AvgIpc) is 2.94. The zero-order valence-electron chi connectivity index (χ0n) is 15.9. The number of hydrogen-bond donors (Lipinski definition) is 1. The normalized spacial score (nSPS) is 17.0. The third-order valence-corrected chi connectivity index (χ3v) is 4.80. The monoisotopic (exact) mass is 361 g/mol. The summed E-state index contributed by atoms with van der Waals surface area (Å²) >= 11 is 0. The van der Waals surface area contributed by atoms with Gasteiger partial charge < -0.3 is 19.8 Å². The van der Waals surface area contributed by atoms with Crippen LogP contribution in [0.15, 0.2) is 18.2 Å². The smallest absolute Gasteiger partial charge is 0.323 e. The van der Waals surface area contributed by atoms with Crippen LogP contribution >= 0.6 is 0 Å². The SMILES string of the molecule is Cc1cccc(N2C[C@@H](C(=O)N(CCN(C)C)CC(=O)O)CC2=O)c1C. The molecule has 0 unspecified atom stereocenters. The predicted molar refractivity (Wildman–Crippen MR) is 99.1 cm³/mol. The third kappa shape index (κ3) is 4.60. The Labute approximate surface area is 154 Å². The average molecular weight is 361 g/mol. The molecule has 0 spiro atoms. The molecule has 1 N–H and O–H groups in total. The molecule has 7 heteroatoms. The molecule has 2 rings (SSSR count). The molecule has 26 heavy (non-hydrogen) atoms. The van der Waals surface area contributed by atoms with Crippen molar-refractivity contribution in [1.29, 1.82) is 0 Å². The van der Waals surface area contributed by atoms with Crippen molar-refractivity contribution in [3.63, 3.8) is 0 Å². The van der Waals surface area contributed by atoms with Crippen LogP contribution in [0.25, 0.3) is 0 Å². The van der Waals surface area contributed by atoms with Gasteiger partial charge in [0.25, 0.3) is 0 Å². The minimum absolute atomic E-state index is 0.0973.